The molecule has 0 radical (unpaired) electrons. The van der Waals surface area contributed by atoms with E-state index in [4.69, 9.17) is 0 Å². The average molecular weight is 248 g/mol. The molecule has 3 nitrogen and oxygen atoms in total. The van der Waals surface area contributed by atoms with Gasteiger partial charge in [-0.25, -0.2) is 4.68 Å². The monoisotopic (exact) mass is 248 g/mol. The second-order valence-corrected chi connectivity index (χ2v) is 5.14. The van der Waals surface area contributed by atoms with Crippen LogP contribution < -0.4 is 0 Å². The molecule has 0 aliphatic carbocycles. The molecule has 2 aromatic rings. The average Bonchev–Trinajstić information content (AvgIpc) is 2.58. The topological polar surface area (TPSA) is 38.0 Å². The fraction of sp³-hybridized carbons (Fsp3) is 0.308. The van der Waals surface area contributed by atoms with E-state index in [1.807, 2.05) is 36.7 Å². The summed E-state index contributed by atoms with van der Waals surface area (Å²) in [7, 11) is 0. The van der Waals surface area contributed by atoms with Crippen LogP contribution in [0.15, 0.2) is 29.2 Å². The van der Waals surface area contributed by atoms with Gasteiger partial charge in [-0.1, -0.05) is 19.1 Å². The van der Waals surface area contributed by atoms with Crippen LogP contribution >= 0.6 is 11.8 Å². The maximum absolute atomic E-state index is 9.82. The molecule has 0 atom stereocenters. The molecule has 90 valence electrons. The Balaban J connectivity index is 2.56. The van der Waals surface area contributed by atoms with E-state index in [0.717, 1.165) is 17.1 Å². The number of nitrogens with zero attached hydrogens (tertiary/aromatic N) is 2. The lowest BCUT2D eigenvalue weighted by molar-refractivity contribution is 0.466. The van der Waals surface area contributed by atoms with Crippen molar-refractivity contribution in [2.45, 2.75) is 25.7 Å². The molecule has 0 amide bonds. The van der Waals surface area contributed by atoms with Gasteiger partial charge in [0.25, 0.3) is 0 Å². The summed E-state index contributed by atoms with van der Waals surface area (Å²) < 4.78 is 1.81. The van der Waals surface area contributed by atoms with Crippen LogP contribution in [-0.2, 0) is 0 Å². The van der Waals surface area contributed by atoms with Crippen LogP contribution in [0.2, 0.25) is 0 Å². The predicted octanol–water partition coefficient (Wildman–Crippen LogP) is 3.31. The molecule has 0 fully saturated rings. The smallest absolute Gasteiger partial charge is 0.159 e. The molecular formula is C13H16N2OS. The number of hydrogen-bond acceptors (Lipinski definition) is 3. The van der Waals surface area contributed by atoms with E-state index in [-0.39, 0.29) is 5.75 Å². The summed E-state index contributed by atoms with van der Waals surface area (Å²) in [5.41, 5.74) is 2.48. The van der Waals surface area contributed by atoms with E-state index in [0.29, 0.717) is 5.69 Å². The third-order valence-electron chi connectivity index (χ3n) is 2.65. The van der Waals surface area contributed by atoms with Gasteiger partial charge in [-0.05, 0) is 31.7 Å². The van der Waals surface area contributed by atoms with Crippen LogP contribution in [0.25, 0.3) is 5.69 Å². The first-order valence-electron chi connectivity index (χ1n) is 5.62. The van der Waals surface area contributed by atoms with Crippen LogP contribution in [0.3, 0.4) is 0 Å². The van der Waals surface area contributed by atoms with E-state index in [9.17, 15) is 5.11 Å². The van der Waals surface area contributed by atoms with Crippen molar-refractivity contribution in [3.05, 3.63) is 35.7 Å². The number of rotatable bonds is 3. The first-order chi connectivity index (χ1) is 8.15. The molecule has 1 aromatic heterocycles. The first-order valence-corrected chi connectivity index (χ1v) is 6.61. The van der Waals surface area contributed by atoms with Crippen molar-refractivity contribution in [1.29, 1.82) is 0 Å². The van der Waals surface area contributed by atoms with Crippen molar-refractivity contribution in [3.63, 3.8) is 0 Å². The number of benzene rings is 1. The third-order valence-corrected chi connectivity index (χ3v) is 3.59. The first kappa shape index (κ1) is 12.0. The molecule has 1 aromatic carbocycles. The molecule has 17 heavy (non-hydrogen) atoms. The lowest BCUT2D eigenvalue weighted by Gasteiger charge is -2.09. The lowest BCUT2D eigenvalue weighted by Crippen LogP contribution is -2.00. The highest BCUT2D eigenvalue weighted by Gasteiger charge is 2.13. The fourth-order valence-corrected chi connectivity index (χ4v) is 2.57. The number of thioether (sulfide) groups is 1. The molecule has 0 spiro atoms. The van der Waals surface area contributed by atoms with Crippen LogP contribution in [0.5, 0.6) is 5.75 Å². The highest BCUT2D eigenvalue weighted by molar-refractivity contribution is 7.99. The maximum Gasteiger partial charge on any atom is 0.159 e. The van der Waals surface area contributed by atoms with E-state index in [1.54, 1.807) is 11.8 Å². The Kier molecular flexibility index (Phi) is 3.43. The van der Waals surface area contributed by atoms with Crippen LogP contribution in [0.1, 0.15) is 18.3 Å². The van der Waals surface area contributed by atoms with Gasteiger partial charge >= 0.3 is 0 Å². The SMILES string of the molecule is CCSc1ccccc1-n1nc(C)c(O)c1C. The number of para-hydroxylation sites is 1. The summed E-state index contributed by atoms with van der Waals surface area (Å²) in [6.07, 6.45) is 0. The van der Waals surface area contributed by atoms with Crippen LogP contribution in [-0.4, -0.2) is 20.6 Å². The Morgan fingerprint density at radius 3 is 2.59 bits per heavy atom. The minimum absolute atomic E-state index is 0.279. The van der Waals surface area contributed by atoms with Crippen molar-refractivity contribution >= 4 is 11.8 Å². The van der Waals surface area contributed by atoms with Gasteiger partial charge < -0.3 is 5.11 Å². The number of aromatic nitrogens is 2. The minimum Gasteiger partial charge on any atom is -0.504 e. The maximum atomic E-state index is 9.82. The third kappa shape index (κ3) is 2.17. The molecule has 2 rings (SSSR count). The lowest BCUT2D eigenvalue weighted by atomic mass is 10.3. The summed E-state index contributed by atoms with van der Waals surface area (Å²) in [4.78, 5) is 1.18. The molecular weight excluding hydrogens is 232 g/mol. The summed E-state index contributed by atoms with van der Waals surface area (Å²) >= 11 is 1.78. The minimum atomic E-state index is 0.279. The quantitative estimate of drug-likeness (QED) is 0.847. The van der Waals surface area contributed by atoms with Crippen LogP contribution in [0.4, 0.5) is 0 Å². The summed E-state index contributed by atoms with van der Waals surface area (Å²) in [6.45, 7) is 5.82. The standard InChI is InChI=1S/C13H16N2OS/c1-4-17-12-8-6-5-7-11(12)15-10(3)13(16)9(2)14-15/h5-8,16H,4H2,1-3H3. The molecule has 1 N–H and O–H groups in total. The van der Waals surface area contributed by atoms with Crippen LogP contribution in [0, 0.1) is 13.8 Å². The Hall–Kier alpha value is -1.42. The molecule has 4 heteroatoms. The normalized spacial score (nSPS) is 10.8. The highest BCUT2D eigenvalue weighted by atomic mass is 32.2. The molecule has 0 aliphatic rings. The summed E-state index contributed by atoms with van der Waals surface area (Å²) in [5.74, 6) is 1.30. The van der Waals surface area contributed by atoms with Gasteiger partial charge in [-0.3, -0.25) is 0 Å². The molecule has 0 unspecified atom stereocenters. The Labute approximate surface area is 105 Å². The predicted molar refractivity (Wildman–Crippen MR) is 71.1 cm³/mol. The molecule has 0 aliphatic heterocycles. The van der Waals surface area contributed by atoms with Gasteiger partial charge in [0.1, 0.15) is 5.69 Å². The molecule has 0 bridgehead atoms. The Morgan fingerprint density at radius 1 is 1.29 bits per heavy atom. The Bertz CT molecular complexity index is 534. The van der Waals surface area contributed by atoms with Crippen molar-refractivity contribution in [1.82, 2.24) is 9.78 Å². The van der Waals surface area contributed by atoms with Crippen molar-refractivity contribution in [2.24, 2.45) is 0 Å². The highest BCUT2D eigenvalue weighted by Crippen LogP contribution is 2.29. The second kappa shape index (κ2) is 4.84. The van der Waals surface area contributed by atoms with Crippen molar-refractivity contribution in [2.75, 3.05) is 5.75 Å². The fourth-order valence-electron chi connectivity index (χ4n) is 1.78. The van der Waals surface area contributed by atoms with Gasteiger partial charge in [0.05, 0.1) is 11.4 Å². The van der Waals surface area contributed by atoms with E-state index in [2.05, 4.69) is 18.1 Å². The molecule has 1 heterocycles. The van der Waals surface area contributed by atoms with E-state index in [1.165, 1.54) is 4.90 Å². The van der Waals surface area contributed by atoms with Gasteiger partial charge in [-0.15, -0.1) is 11.8 Å². The van der Waals surface area contributed by atoms with Crippen molar-refractivity contribution < 1.29 is 5.11 Å². The van der Waals surface area contributed by atoms with Gasteiger partial charge in [-0.2, -0.15) is 5.10 Å². The molecule has 0 saturated heterocycles. The van der Waals surface area contributed by atoms with Gasteiger partial charge in [0.2, 0.25) is 0 Å². The molecule has 0 saturated carbocycles. The summed E-state index contributed by atoms with van der Waals surface area (Å²) in [5, 5.41) is 14.2. The second-order valence-electron chi connectivity index (χ2n) is 3.83. The largest absolute Gasteiger partial charge is 0.504 e. The van der Waals surface area contributed by atoms with Gasteiger partial charge in [0.15, 0.2) is 5.75 Å². The zero-order chi connectivity index (χ0) is 12.4. The zero-order valence-electron chi connectivity index (χ0n) is 10.3. The van der Waals surface area contributed by atoms with Crippen molar-refractivity contribution in [3.8, 4) is 11.4 Å². The summed E-state index contributed by atoms with van der Waals surface area (Å²) in [6, 6.07) is 8.11. The van der Waals surface area contributed by atoms with Gasteiger partial charge in [0, 0.05) is 4.90 Å². The number of aromatic hydroxyl groups is 1. The Morgan fingerprint density at radius 2 is 2.00 bits per heavy atom. The van der Waals surface area contributed by atoms with E-state index >= 15 is 0 Å². The van der Waals surface area contributed by atoms with E-state index < -0.39 is 0 Å². The number of hydrogen-bond donors (Lipinski definition) is 1. The number of aryl methyl sites for hydroxylation is 1. The zero-order valence-corrected chi connectivity index (χ0v) is 11.1.